The van der Waals surface area contributed by atoms with Gasteiger partial charge >= 0.3 is 0 Å². The third kappa shape index (κ3) is 6.11. The maximum Gasteiger partial charge on any atom is 0.0580 e. The van der Waals surface area contributed by atoms with Gasteiger partial charge in [0.2, 0.25) is 0 Å². The lowest BCUT2D eigenvalue weighted by molar-refractivity contribution is 0.00627. The van der Waals surface area contributed by atoms with Gasteiger partial charge in [0, 0.05) is 6.54 Å². The van der Waals surface area contributed by atoms with E-state index in [2.05, 4.69) is 51.7 Å². The molecule has 1 saturated carbocycles. The first-order valence-electron chi connectivity index (χ1n) is 8.21. The van der Waals surface area contributed by atoms with Crippen molar-refractivity contribution in [3.8, 4) is 0 Å². The van der Waals surface area contributed by atoms with E-state index in [0.29, 0.717) is 11.3 Å². The van der Waals surface area contributed by atoms with E-state index in [-0.39, 0.29) is 6.10 Å². The van der Waals surface area contributed by atoms with Gasteiger partial charge in [0.25, 0.3) is 0 Å². The summed E-state index contributed by atoms with van der Waals surface area (Å²) in [6, 6.07) is 0. The summed E-state index contributed by atoms with van der Waals surface area (Å²) in [6.45, 7) is 10.3. The van der Waals surface area contributed by atoms with E-state index in [1.54, 1.807) is 0 Å². The number of rotatable bonds is 6. The fraction of sp³-hybridized carbons (Fsp3) is 1.00. The third-order valence-electron chi connectivity index (χ3n) is 4.86. The molecule has 3 atom stereocenters. The molecule has 0 amide bonds. The van der Waals surface area contributed by atoms with Gasteiger partial charge in [-0.15, -0.1) is 0 Å². The first-order chi connectivity index (χ1) is 9.20. The number of hydrogen-bond acceptors (Lipinski definition) is 3. The van der Waals surface area contributed by atoms with Gasteiger partial charge in [0.1, 0.15) is 0 Å². The highest BCUT2D eigenvalue weighted by molar-refractivity contribution is 4.86. The van der Waals surface area contributed by atoms with Crippen LogP contribution in [0, 0.1) is 17.3 Å². The lowest BCUT2D eigenvalue weighted by Crippen LogP contribution is -2.40. The van der Waals surface area contributed by atoms with Crippen molar-refractivity contribution in [3.63, 3.8) is 0 Å². The molecule has 1 N–H and O–H groups in total. The molecule has 0 radical (unpaired) electrons. The number of nitrogens with zero attached hydrogens (tertiary/aromatic N) is 2. The van der Waals surface area contributed by atoms with E-state index in [1.807, 2.05) is 0 Å². The van der Waals surface area contributed by atoms with E-state index in [9.17, 15) is 5.11 Å². The second-order valence-electron chi connectivity index (χ2n) is 8.12. The maximum atomic E-state index is 10.3. The summed E-state index contributed by atoms with van der Waals surface area (Å²) < 4.78 is 0. The molecule has 1 fully saturated rings. The Morgan fingerprint density at radius 3 is 2.25 bits per heavy atom. The molecule has 120 valence electrons. The highest BCUT2D eigenvalue weighted by Crippen LogP contribution is 2.40. The molecule has 0 bridgehead atoms. The molecular formula is C17H36N2O. The molecule has 1 rings (SSSR count). The van der Waals surface area contributed by atoms with Crippen molar-refractivity contribution in [2.75, 3.05) is 40.8 Å². The van der Waals surface area contributed by atoms with Gasteiger partial charge in [-0.3, -0.25) is 0 Å². The Labute approximate surface area is 126 Å². The predicted molar refractivity (Wildman–Crippen MR) is 87.0 cm³/mol. The van der Waals surface area contributed by atoms with Gasteiger partial charge in [0.05, 0.1) is 6.10 Å². The highest BCUT2D eigenvalue weighted by atomic mass is 16.3. The van der Waals surface area contributed by atoms with Crippen molar-refractivity contribution in [1.82, 2.24) is 9.80 Å². The molecule has 0 heterocycles. The monoisotopic (exact) mass is 284 g/mol. The van der Waals surface area contributed by atoms with Crippen molar-refractivity contribution in [3.05, 3.63) is 0 Å². The minimum absolute atomic E-state index is 0.0927. The Hall–Kier alpha value is -0.120. The van der Waals surface area contributed by atoms with Crippen molar-refractivity contribution < 1.29 is 5.11 Å². The molecule has 0 spiro atoms. The topological polar surface area (TPSA) is 26.7 Å². The molecule has 0 aromatic heterocycles. The summed E-state index contributed by atoms with van der Waals surface area (Å²) in [5.74, 6) is 1.21. The first kappa shape index (κ1) is 17.9. The molecular weight excluding hydrogens is 248 g/mol. The lowest BCUT2D eigenvalue weighted by atomic mass is 9.68. The molecule has 0 aliphatic heterocycles. The average Bonchev–Trinajstić information content (AvgIpc) is 2.30. The summed E-state index contributed by atoms with van der Waals surface area (Å²) in [5, 5.41) is 10.3. The smallest absolute Gasteiger partial charge is 0.0580 e. The normalized spacial score (nSPS) is 28.4. The summed E-state index contributed by atoms with van der Waals surface area (Å²) >= 11 is 0. The minimum atomic E-state index is -0.0927. The Kier molecular flexibility index (Phi) is 6.96. The fourth-order valence-corrected chi connectivity index (χ4v) is 3.38. The van der Waals surface area contributed by atoms with Crippen molar-refractivity contribution in [2.45, 2.75) is 52.6 Å². The van der Waals surface area contributed by atoms with E-state index in [0.717, 1.165) is 32.0 Å². The van der Waals surface area contributed by atoms with Gasteiger partial charge in [-0.2, -0.15) is 0 Å². The van der Waals surface area contributed by atoms with Crippen LogP contribution in [0.3, 0.4) is 0 Å². The van der Waals surface area contributed by atoms with Gasteiger partial charge in [-0.1, -0.05) is 20.8 Å². The molecule has 0 aromatic rings. The van der Waals surface area contributed by atoms with Crippen LogP contribution in [-0.2, 0) is 0 Å². The van der Waals surface area contributed by atoms with Crippen molar-refractivity contribution in [1.29, 1.82) is 0 Å². The fourth-order valence-electron chi connectivity index (χ4n) is 3.38. The molecule has 0 aromatic carbocycles. The summed E-state index contributed by atoms with van der Waals surface area (Å²) in [6.07, 6.45) is 4.46. The van der Waals surface area contributed by atoms with Crippen LogP contribution in [0.2, 0.25) is 0 Å². The van der Waals surface area contributed by atoms with Crippen molar-refractivity contribution in [2.24, 2.45) is 17.3 Å². The van der Waals surface area contributed by atoms with Crippen molar-refractivity contribution >= 4 is 0 Å². The van der Waals surface area contributed by atoms with Gasteiger partial charge in [0.15, 0.2) is 0 Å². The molecule has 20 heavy (non-hydrogen) atoms. The van der Waals surface area contributed by atoms with Crippen LogP contribution < -0.4 is 0 Å². The standard InChI is InChI=1S/C17H36N2O/c1-17(2,3)15-8-9-16(20)14(12-15)13-19(6)11-7-10-18(4)5/h14-16,20H,7-13H2,1-6H3. The minimum Gasteiger partial charge on any atom is -0.393 e. The zero-order valence-electron chi connectivity index (χ0n) is 14.5. The molecule has 0 saturated heterocycles. The van der Waals surface area contributed by atoms with Crippen LogP contribution in [0.1, 0.15) is 46.5 Å². The first-order valence-corrected chi connectivity index (χ1v) is 8.21. The summed E-state index contributed by atoms with van der Waals surface area (Å²) in [7, 11) is 6.45. The predicted octanol–water partition coefficient (Wildman–Crippen LogP) is 2.69. The summed E-state index contributed by atoms with van der Waals surface area (Å²) in [4.78, 5) is 4.64. The molecule has 3 nitrogen and oxygen atoms in total. The van der Waals surface area contributed by atoms with E-state index >= 15 is 0 Å². The number of aliphatic hydroxyl groups excluding tert-OH is 1. The number of hydrogen-bond donors (Lipinski definition) is 1. The number of aliphatic hydroxyl groups is 1. The van der Waals surface area contributed by atoms with E-state index in [1.165, 1.54) is 19.3 Å². The van der Waals surface area contributed by atoms with Gasteiger partial charge < -0.3 is 14.9 Å². The van der Waals surface area contributed by atoms with Crippen LogP contribution >= 0.6 is 0 Å². The zero-order valence-corrected chi connectivity index (χ0v) is 14.5. The van der Waals surface area contributed by atoms with Gasteiger partial charge in [-0.25, -0.2) is 0 Å². The zero-order chi connectivity index (χ0) is 15.3. The summed E-state index contributed by atoms with van der Waals surface area (Å²) in [5.41, 5.74) is 0.377. The van der Waals surface area contributed by atoms with E-state index in [4.69, 9.17) is 0 Å². The Morgan fingerprint density at radius 2 is 1.70 bits per heavy atom. The van der Waals surface area contributed by atoms with Crippen LogP contribution in [0.5, 0.6) is 0 Å². The molecule has 1 aliphatic carbocycles. The second-order valence-corrected chi connectivity index (χ2v) is 8.12. The Balaban J connectivity index is 2.40. The van der Waals surface area contributed by atoms with Gasteiger partial charge in [-0.05, 0) is 77.2 Å². The maximum absolute atomic E-state index is 10.3. The molecule has 3 heteroatoms. The Morgan fingerprint density at radius 1 is 1.05 bits per heavy atom. The Bertz CT molecular complexity index is 273. The van der Waals surface area contributed by atoms with Crippen LogP contribution in [0.15, 0.2) is 0 Å². The van der Waals surface area contributed by atoms with Crippen LogP contribution in [0.25, 0.3) is 0 Å². The lowest BCUT2D eigenvalue weighted by Gasteiger charge is -2.41. The molecule has 1 aliphatic rings. The van der Waals surface area contributed by atoms with Crippen LogP contribution in [-0.4, -0.2) is 61.8 Å². The largest absolute Gasteiger partial charge is 0.393 e. The highest BCUT2D eigenvalue weighted by Gasteiger charge is 2.35. The third-order valence-corrected chi connectivity index (χ3v) is 4.86. The molecule has 3 unspecified atom stereocenters. The SMILES string of the molecule is CN(C)CCCN(C)CC1CC(C(C)(C)C)CCC1O. The second kappa shape index (κ2) is 7.77. The quantitative estimate of drug-likeness (QED) is 0.812. The average molecular weight is 284 g/mol. The van der Waals surface area contributed by atoms with Crippen LogP contribution in [0.4, 0.5) is 0 Å². The van der Waals surface area contributed by atoms with E-state index < -0.39 is 0 Å².